The molecule has 0 bridgehead atoms. The molecule has 1 aromatic carbocycles. The third-order valence-corrected chi connectivity index (χ3v) is 4.56. The fraction of sp³-hybridized carbons (Fsp3) is 0.300. The van der Waals surface area contributed by atoms with Crippen molar-refractivity contribution >= 4 is 18.2 Å². The SMILES string of the molecule is O=CN1CCN(C(=O)c2cccc(C(=O)NCCc3ccc(F)cc3)n2)CC1. The van der Waals surface area contributed by atoms with Crippen LogP contribution in [0.3, 0.4) is 0 Å². The van der Waals surface area contributed by atoms with Crippen molar-refractivity contribution in [3.8, 4) is 0 Å². The molecule has 1 aliphatic heterocycles. The number of carbonyl (C=O) groups excluding carboxylic acids is 3. The number of amides is 3. The van der Waals surface area contributed by atoms with Gasteiger partial charge in [0.1, 0.15) is 17.2 Å². The molecule has 7 nitrogen and oxygen atoms in total. The number of pyridine rings is 1. The Kier molecular flexibility index (Phi) is 6.31. The van der Waals surface area contributed by atoms with Crippen molar-refractivity contribution in [2.24, 2.45) is 0 Å². The maximum absolute atomic E-state index is 12.9. The van der Waals surface area contributed by atoms with Crippen LogP contribution >= 0.6 is 0 Å². The number of nitrogens with one attached hydrogen (secondary N) is 1. The Hall–Kier alpha value is -3.29. The molecule has 1 aliphatic rings. The molecule has 0 unspecified atom stereocenters. The van der Waals surface area contributed by atoms with E-state index in [4.69, 9.17) is 0 Å². The van der Waals surface area contributed by atoms with Crippen LogP contribution in [0.25, 0.3) is 0 Å². The molecule has 0 radical (unpaired) electrons. The molecule has 8 heteroatoms. The number of halogens is 1. The van der Waals surface area contributed by atoms with Crippen LogP contribution in [-0.2, 0) is 11.2 Å². The Labute approximate surface area is 162 Å². The van der Waals surface area contributed by atoms with Crippen LogP contribution in [0.2, 0.25) is 0 Å². The van der Waals surface area contributed by atoms with Crippen LogP contribution in [-0.4, -0.2) is 65.7 Å². The Morgan fingerprint density at radius 2 is 1.71 bits per heavy atom. The first-order valence-electron chi connectivity index (χ1n) is 9.05. The number of rotatable bonds is 6. The molecule has 146 valence electrons. The first-order chi connectivity index (χ1) is 13.6. The molecule has 28 heavy (non-hydrogen) atoms. The van der Waals surface area contributed by atoms with E-state index in [-0.39, 0.29) is 29.0 Å². The van der Waals surface area contributed by atoms with Crippen LogP contribution < -0.4 is 5.32 Å². The summed E-state index contributed by atoms with van der Waals surface area (Å²) < 4.78 is 12.9. The minimum atomic E-state index is -0.373. The Morgan fingerprint density at radius 1 is 1.04 bits per heavy atom. The Morgan fingerprint density at radius 3 is 2.39 bits per heavy atom. The van der Waals surface area contributed by atoms with Gasteiger partial charge in [-0.15, -0.1) is 0 Å². The Bertz CT molecular complexity index is 849. The van der Waals surface area contributed by atoms with Gasteiger partial charge < -0.3 is 15.1 Å². The number of aromatic nitrogens is 1. The van der Waals surface area contributed by atoms with Gasteiger partial charge >= 0.3 is 0 Å². The summed E-state index contributed by atoms with van der Waals surface area (Å²) in [7, 11) is 0. The molecule has 2 aromatic rings. The lowest BCUT2D eigenvalue weighted by molar-refractivity contribution is -0.119. The largest absolute Gasteiger partial charge is 0.350 e. The van der Waals surface area contributed by atoms with E-state index in [0.29, 0.717) is 39.1 Å². The number of carbonyl (C=O) groups is 3. The third-order valence-electron chi connectivity index (χ3n) is 4.56. The molecule has 3 amide bonds. The molecule has 3 rings (SSSR count). The number of benzene rings is 1. The maximum atomic E-state index is 12.9. The van der Waals surface area contributed by atoms with E-state index in [2.05, 4.69) is 10.3 Å². The van der Waals surface area contributed by atoms with Crippen molar-refractivity contribution in [1.29, 1.82) is 0 Å². The molecule has 1 aromatic heterocycles. The fourth-order valence-electron chi connectivity index (χ4n) is 2.93. The summed E-state index contributed by atoms with van der Waals surface area (Å²) in [5, 5.41) is 2.76. The van der Waals surface area contributed by atoms with Gasteiger partial charge in [-0.2, -0.15) is 0 Å². The van der Waals surface area contributed by atoms with Gasteiger partial charge in [0.15, 0.2) is 0 Å². The van der Waals surface area contributed by atoms with Crippen LogP contribution in [0.15, 0.2) is 42.5 Å². The van der Waals surface area contributed by atoms with Gasteiger partial charge in [0.25, 0.3) is 11.8 Å². The zero-order chi connectivity index (χ0) is 19.9. The number of hydrogen-bond donors (Lipinski definition) is 1. The summed E-state index contributed by atoms with van der Waals surface area (Å²) in [5.74, 6) is -0.930. The highest BCUT2D eigenvalue weighted by atomic mass is 19.1. The van der Waals surface area contributed by atoms with Gasteiger partial charge in [-0.25, -0.2) is 9.37 Å². The topological polar surface area (TPSA) is 82.6 Å². The predicted molar refractivity (Wildman–Crippen MR) is 100 cm³/mol. The van der Waals surface area contributed by atoms with Crippen molar-refractivity contribution in [2.45, 2.75) is 6.42 Å². The van der Waals surface area contributed by atoms with Gasteiger partial charge in [-0.3, -0.25) is 14.4 Å². The predicted octanol–water partition coefficient (Wildman–Crippen LogP) is 1.11. The van der Waals surface area contributed by atoms with E-state index in [1.165, 1.54) is 12.1 Å². The van der Waals surface area contributed by atoms with Crippen LogP contribution in [0.4, 0.5) is 4.39 Å². The average Bonchev–Trinajstić information content (AvgIpc) is 2.74. The molecular weight excluding hydrogens is 363 g/mol. The molecule has 0 aliphatic carbocycles. The van der Waals surface area contributed by atoms with Crippen molar-refractivity contribution in [1.82, 2.24) is 20.1 Å². The second kappa shape index (κ2) is 9.07. The third kappa shape index (κ3) is 4.91. The lowest BCUT2D eigenvalue weighted by Crippen LogP contribution is -2.48. The molecule has 0 atom stereocenters. The van der Waals surface area contributed by atoms with Crippen molar-refractivity contribution in [3.05, 3.63) is 65.2 Å². The molecule has 1 N–H and O–H groups in total. The number of hydrogen-bond acceptors (Lipinski definition) is 4. The van der Waals surface area contributed by atoms with Crippen LogP contribution in [0.5, 0.6) is 0 Å². The quantitative estimate of drug-likeness (QED) is 0.757. The lowest BCUT2D eigenvalue weighted by Gasteiger charge is -2.32. The summed E-state index contributed by atoms with van der Waals surface area (Å²) in [6, 6.07) is 10.8. The van der Waals surface area contributed by atoms with E-state index in [1.54, 1.807) is 40.1 Å². The minimum absolute atomic E-state index is 0.163. The van der Waals surface area contributed by atoms with Crippen LogP contribution in [0, 0.1) is 5.82 Å². The molecule has 1 saturated heterocycles. The summed E-state index contributed by atoms with van der Waals surface area (Å²) >= 11 is 0. The summed E-state index contributed by atoms with van der Waals surface area (Å²) in [6.45, 7) is 2.22. The highest BCUT2D eigenvalue weighted by Gasteiger charge is 2.22. The monoisotopic (exact) mass is 384 g/mol. The zero-order valence-electron chi connectivity index (χ0n) is 15.3. The van der Waals surface area contributed by atoms with Gasteiger partial charge in [-0.1, -0.05) is 18.2 Å². The number of piperazine rings is 1. The standard InChI is InChI=1S/C20H21FN4O3/c21-16-6-4-15(5-7-16)8-9-22-19(27)17-2-1-3-18(23-17)20(28)25-12-10-24(14-26)11-13-25/h1-7,14H,8-13H2,(H,22,27). The smallest absolute Gasteiger partial charge is 0.272 e. The molecule has 0 saturated carbocycles. The zero-order valence-corrected chi connectivity index (χ0v) is 15.3. The van der Waals surface area contributed by atoms with Gasteiger partial charge in [0.05, 0.1) is 0 Å². The van der Waals surface area contributed by atoms with E-state index in [0.717, 1.165) is 12.0 Å². The fourth-order valence-corrected chi connectivity index (χ4v) is 2.93. The molecule has 0 spiro atoms. The second-order valence-corrected chi connectivity index (χ2v) is 6.47. The van der Waals surface area contributed by atoms with E-state index in [9.17, 15) is 18.8 Å². The Balaban J connectivity index is 1.56. The summed E-state index contributed by atoms with van der Waals surface area (Å²) in [4.78, 5) is 43.1. The van der Waals surface area contributed by atoms with E-state index < -0.39 is 0 Å². The molecular formula is C20H21FN4O3. The normalized spacial score (nSPS) is 13.9. The second-order valence-electron chi connectivity index (χ2n) is 6.47. The highest BCUT2D eigenvalue weighted by Crippen LogP contribution is 2.08. The minimum Gasteiger partial charge on any atom is -0.350 e. The van der Waals surface area contributed by atoms with Crippen molar-refractivity contribution in [3.63, 3.8) is 0 Å². The summed E-state index contributed by atoms with van der Waals surface area (Å²) in [6.07, 6.45) is 1.34. The first-order valence-corrected chi connectivity index (χ1v) is 9.05. The van der Waals surface area contributed by atoms with Crippen molar-refractivity contribution in [2.75, 3.05) is 32.7 Å². The van der Waals surface area contributed by atoms with E-state index >= 15 is 0 Å². The first kappa shape index (κ1) is 19.5. The van der Waals surface area contributed by atoms with Gasteiger partial charge in [0, 0.05) is 32.7 Å². The van der Waals surface area contributed by atoms with Gasteiger partial charge in [0.2, 0.25) is 6.41 Å². The van der Waals surface area contributed by atoms with E-state index in [1.807, 2.05) is 0 Å². The lowest BCUT2D eigenvalue weighted by atomic mass is 10.1. The highest BCUT2D eigenvalue weighted by molar-refractivity contribution is 5.96. The average molecular weight is 384 g/mol. The van der Waals surface area contributed by atoms with Gasteiger partial charge in [-0.05, 0) is 36.2 Å². The summed E-state index contributed by atoms with van der Waals surface area (Å²) in [5.41, 5.74) is 1.27. The molecule has 1 fully saturated rings. The maximum Gasteiger partial charge on any atom is 0.272 e. The van der Waals surface area contributed by atoms with Crippen molar-refractivity contribution < 1.29 is 18.8 Å². The van der Waals surface area contributed by atoms with Crippen LogP contribution in [0.1, 0.15) is 26.5 Å². The molecule has 2 heterocycles. The number of nitrogens with zero attached hydrogens (tertiary/aromatic N) is 3.